The molecule has 1 aromatic carbocycles. The first-order chi connectivity index (χ1) is 20.4. The third-order valence-corrected chi connectivity index (χ3v) is 9.77. The standard InChI is InChI=1S/C24H40N2O6.C9H12O3/c1-15(21(29)30)12-18(25-14-27)20(28)26-11-7-8-19(26)22(31)32-16(2)13-17-9-10-23(3,4)24(17,5)6;1-6(10)4-7-2-3-8(11)9(12)5-7/h14-19H,7-13H2,1-6H3,(H,25,27)(H,29,30);2-3,5-6,10-12H,4H2,1H3. The molecule has 2 aliphatic rings. The summed E-state index contributed by atoms with van der Waals surface area (Å²) in [5.74, 6) is -2.52. The van der Waals surface area contributed by atoms with Gasteiger partial charge in [-0.25, -0.2) is 4.79 Å². The van der Waals surface area contributed by atoms with Crippen molar-refractivity contribution < 1.29 is 44.3 Å². The maximum Gasteiger partial charge on any atom is 0.329 e. The number of aromatic hydroxyl groups is 2. The first-order valence-corrected chi connectivity index (χ1v) is 15.5. The number of aliphatic hydroxyl groups excluding tert-OH is 1. The largest absolute Gasteiger partial charge is 0.504 e. The molecule has 6 unspecified atom stereocenters. The summed E-state index contributed by atoms with van der Waals surface area (Å²) in [6.07, 6.45) is 4.35. The number of carboxylic acids is 1. The highest BCUT2D eigenvalue weighted by atomic mass is 16.5. The van der Waals surface area contributed by atoms with Gasteiger partial charge in [-0.05, 0) is 93.2 Å². The SMILES string of the molecule is CC(CC1CCC(C)(C)C1(C)C)OC(=O)C1CCCN1C(=O)C(CC(C)C(=O)O)NC=O.CC(O)Cc1ccc(O)c(O)c1. The minimum atomic E-state index is -1.04. The van der Waals surface area contributed by atoms with Crippen LogP contribution < -0.4 is 5.32 Å². The van der Waals surface area contributed by atoms with Gasteiger partial charge in [0, 0.05) is 6.54 Å². The van der Waals surface area contributed by atoms with Crippen molar-refractivity contribution in [3.63, 3.8) is 0 Å². The van der Waals surface area contributed by atoms with Crippen LogP contribution in [0.1, 0.15) is 92.6 Å². The van der Waals surface area contributed by atoms with Gasteiger partial charge in [-0.15, -0.1) is 0 Å². The van der Waals surface area contributed by atoms with E-state index in [-0.39, 0.29) is 34.9 Å². The number of phenolic OH excluding ortho intramolecular Hbond substituents is 2. The summed E-state index contributed by atoms with van der Waals surface area (Å²) >= 11 is 0. The van der Waals surface area contributed by atoms with E-state index < -0.39 is 42.0 Å². The lowest BCUT2D eigenvalue weighted by Gasteiger charge is -2.40. The highest BCUT2D eigenvalue weighted by molar-refractivity contribution is 5.89. The van der Waals surface area contributed by atoms with Gasteiger partial charge in [-0.2, -0.15) is 0 Å². The van der Waals surface area contributed by atoms with Crippen molar-refractivity contribution in [3.8, 4) is 11.5 Å². The van der Waals surface area contributed by atoms with Gasteiger partial charge in [-0.1, -0.05) is 40.7 Å². The van der Waals surface area contributed by atoms with E-state index in [1.807, 2.05) is 6.92 Å². The molecule has 0 aromatic heterocycles. The number of carbonyl (C=O) groups excluding carboxylic acids is 3. The average Bonchev–Trinajstić information content (AvgIpc) is 3.49. The van der Waals surface area contributed by atoms with Crippen LogP contribution in [0.25, 0.3) is 0 Å². The number of aliphatic hydroxyl groups is 1. The van der Waals surface area contributed by atoms with E-state index in [0.29, 0.717) is 38.1 Å². The Morgan fingerprint density at radius 3 is 2.27 bits per heavy atom. The number of ether oxygens (including phenoxy) is 1. The Morgan fingerprint density at radius 1 is 1.09 bits per heavy atom. The lowest BCUT2D eigenvalue weighted by atomic mass is 9.66. The molecular formula is C33H52N2O9. The van der Waals surface area contributed by atoms with E-state index in [4.69, 9.17) is 25.2 Å². The molecule has 1 saturated heterocycles. The third-order valence-electron chi connectivity index (χ3n) is 9.77. The van der Waals surface area contributed by atoms with Gasteiger partial charge < -0.3 is 35.4 Å². The van der Waals surface area contributed by atoms with Gasteiger partial charge in [0.25, 0.3) is 0 Å². The van der Waals surface area contributed by atoms with Crippen LogP contribution in [0.15, 0.2) is 18.2 Å². The van der Waals surface area contributed by atoms with E-state index in [1.165, 1.54) is 24.0 Å². The van der Waals surface area contributed by atoms with Crippen LogP contribution in [-0.4, -0.2) is 80.4 Å². The van der Waals surface area contributed by atoms with Crippen LogP contribution in [0.4, 0.5) is 0 Å². The smallest absolute Gasteiger partial charge is 0.329 e. The third kappa shape index (κ3) is 9.58. The first kappa shape index (κ1) is 36.8. The quantitative estimate of drug-likeness (QED) is 0.131. The van der Waals surface area contributed by atoms with Crippen LogP contribution in [0.5, 0.6) is 11.5 Å². The molecule has 11 heteroatoms. The monoisotopic (exact) mass is 620 g/mol. The zero-order chi connectivity index (χ0) is 33.4. The van der Waals surface area contributed by atoms with Crippen LogP contribution in [0.3, 0.4) is 0 Å². The predicted molar refractivity (Wildman–Crippen MR) is 165 cm³/mol. The molecule has 0 bridgehead atoms. The fourth-order valence-corrected chi connectivity index (χ4v) is 6.20. The number of carboxylic acid groups (broad SMARTS) is 1. The van der Waals surface area contributed by atoms with Gasteiger partial charge in [0.15, 0.2) is 11.5 Å². The highest BCUT2D eigenvalue weighted by Crippen LogP contribution is 2.57. The Bertz CT molecular complexity index is 1150. The number of phenols is 2. The maximum atomic E-state index is 13.0. The molecule has 1 aromatic rings. The lowest BCUT2D eigenvalue weighted by molar-refractivity contribution is -0.159. The van der Waals surface area contributed by atoms with Gasteiger partial charge in [0.2, 0.25) is 12.3 Å². The minimum Gasteiger partial charge on any atom is -0.504 e. The summed E-state index contributed by atoms with van der Waals surface area (Å²) in [5, 5.41) is 38.6. The van der Waals surface area contributed by atoms with E-state index in [0.717, 1.165) is 24.8 Å². The number of likely N-dealkylation sites (tertiary alicyclic amines) is 1. The highest BCUT2D eigenvalue weighted by Gasteiger charge is 2.49. The zero-order valence-electron chi connectivity index (χ0n) is 27.2. The van der Waals surface area contributed by atoms with Crippen molar-refractivity contribution in [2.75, 3.05) is 6.54 Å². The second-order valence-electron chi connectivity index (χ2n) is 13.7. The van der Waals surface area contributed by atoms with Crippen molar-refractivity contribution in [1.29, 1.82) is 0 Å². The van der Waals surface area contributed by atoms with Gasteiger partial charge in [0.1, 0.15) is 12.1 Å². The molecule has 5 N–H and O–H groups in total. The van der Waals surface area contributed by atoms with E-state index in [9.17, 15) is 19.2 Å². The molecule has 1 aliphatic heterocycles. The van der Waals surface area contributed by atoms with Gasteiger partial charge in [-0.3, -0.25) is 14.4 Å². The number of benzene rings is 1. The number of esters is 1. The van der Waals surface area contributed by atoms with Crippen LogP contribution >= 0.6 is 0 Å². The van der Waals surface area contributed by atoms with Crippen LogP contribution in [-0.2, 0) is 30.3 Å². The van der Waals surface area contributed by atoms with Crippen molar-refractivity contribution in [2.24, 2.45) is 22.7 Å². The first-order valence-electron chi connectivity index (χ1n) is 15.5. The van der Waals surface area contributed by atoms with E-state index in [1.54, 1.807) is 13.0 Å². The summed E-state index contributed by atoms with van der Waals surface area (Å²) in [6, 6.07) is 2.84. The maximum absolute atomic E-state index is 13.0. The molecule has 1 saturated carbocycles. The van der Waals surface area contributed by atoms with E-state index >= 15 is 0 Å². The Hall–Kier alpha value is -3.34. The van der Waals surface area contributed by atoms with Gasteiger partial charge in [0.05, 0.1) is 18.1 Å². The zero-order valence-corrected chi connectivity index (χ0v) is 27.2. The number of rotatable bonds is 12. The number of hydrogen-bond acceptors (Lipinski definition) is 8. The molecular weight excluding hydrogens is 568 g/mol. The minimum absolute atomic E-state index is 0.0336. The molecule has 0 radical (unpaired) electrons. The fraction of sp³-hybridized carbons (Fsp3) is 0.697. The topological polar surface area (TPSA) is 174 Å². The molecule has 2 fully saturated rings. The number of carbonyl (C=O) groups is 4. The second kappa shape index (κ2) is 15.6. The summed E-state index contributed by atoms with van der Waals surface area (Å²) in [5.41, 5.74) is 1.20. The number of aliphatic carboxylic acids is 1. The summed E-state index contributed by atoms with van der Waals surface area (Å²) in [6.45, 7) is 14.6. The number of amides is 2. The average molecular weight is 621 g/mol. The Balaban J connectivity index is 0.000000469. The van der Waals surface area contributed by atoms with Crippen molar-refractivity contribution in [2.45, 2.75) is 118 Å². The predicted octanol–water partition coefficient (Wildman–Crippen LogP) is 4.01. The summed E-state index contributed by atoms with van der Waals surface area (Å²) < 4.78 is 5.78. The number of nitrogens with zero attached hydrogens (tertiary/aromatic N) is 1. The van der Waals surface area contributed by atoms with Gasteiger partial charge >= 0.3 is 11.9 Å². The van der Waals surface area contributed by atoms with Crippen LogP contribution in [0, 0.1) is 22.7 Å². The number of hydrogen-bond donors (Lipinski definition) is 5. The second-order valence-corrected chi connectivity index (χ2v) is 13.7. The lowest BCUT2D eigenvalue weighted by Crippen LogP contribution is -2.51. The Morgan fingerprint density at radius 2 is 1.75 bits per heavy atom. The van der Waals surface area contributed by atoms with Crippen LogP contribution in [0.2, 0.25) is 0 Å². The molecule has 6 atom stereocenters. The summed E-state index contributed by atoms with van der Waals surface area (Å²) in [4.78, 5) is 49.6. The van der Waals surface area contributed by atoms with E-state index in [2.05, 4.69) is 33.0 Å². The fourth-order valence-electron chi connectivity index (χ4n) is 6.20. The molecule has 11 nitrogen and oxygen atoms in total. The molecule has 0 spiro atoms. The molecule has 1 heterocycles. The molecule has 3 rings (SSSR count). The Labute approximate surface area is 261 Å². The van der Waals surface area contributed by atoms with Crippen molar-refractivity contribution in [1.82, 2.24) is 10.2 Å². The van der Waals surface area contributed by atoms with Crippen molar-refractivity contribution in [3.05, 3.63) is 23.8 Å². The molecule has 248 valence electrons. The Kier molecular flexibility index (Phi) is 13.1. The summed E-state index contributed by atoms with van der Waals surface area (Å²) in [7, 11) is 0. The molecule has 44 heavy (non-hydrogen) atoms. The van der Waals surface area contributed by atoms with Crippen molar-refractivity contribution >= 4 is 24.3 Å². The molecule has 1 aliphatic carbocycles. The molecule has 2 amide bonds. The number of nitrogens with one attached hydrogen (secondary N) is 1. The normalized spacial score (nSPS) is 23.0.